The van der Waals surface area contributed by atoms with Gasteiger partial charge in [-0.3, -0.25) is 4.79 Å². The van der Waals surface area contributed by atoms with Crippen LogP contribution in [0.1, 0.15) is 46.5 Å². The Labute approximate surface area is 98.3 Å². The Kier molecular flexibility index (Phi) is 1.85. The van der Waals surface area contributed by atoms with Crippen LogP contribution in [0, 0.1) is 28.6 Å². The Morgan fingerprint density at radius 2 is 2.06 bits per heavy atom. The zero-order chi connectivity index (χ0) is 11.7. The topological polar surface area (TPSA) is 17.1 Å². The predicted octanol–water partition coefficient (Wildman–Crippen LogP) is 3.59. The number of allylic oxidation sites excluding steroid dienone is 1. The maximum absolute atomic E-state index is 12.6. The molecule has 4 aliphatic carbocycles. The molecule has 4 bridgehead atoms. The van der Waals surface area contributed by atoms with Crippen LogP contribution in [-0.4, -0.2) is 5.78 Å². The lowest BCUT2D eigenvalue weighted by Crippen LogP contribution is -2.53. The van der Waals surface area contributed by atoms with Gasteiger partial charge in [-0.2, -0.15) is 0 Å². The molecule has 4 fully saturated rings. The fourth-order valence-electron chi connectivity index (χ4n) is 5.12. The number of hydrogen-bond donors (Lipinski definition) is 0. The molecule has 2 unspecified atom stereocenters. The molecule has 0 aliphatic heterocycles. The monoisotopic (exact) mass is 218 g/mol. The second-order valence-corrected chi connectivity index (χ2v) is 6.98. The molecule has 4 saturated carbocycles. The minimum atomic E-state index is -0.0144. The largest absolute Gasteiger partial charge is 0.298 e. The first kappa shape index (κ1) is 10.6. The summed E-state index contributed by atoms with van der Waals surface area (Å²) in [5, 5.41) is 0. The quantitative estimate of drug-likeness (QED) is 0.615. The van der Waals surface area contributed by atoms with Crippen LogP contribution in [0.5, 0.6) is 0 Å². The highest BCUT2D eigenvalue weighted by Gasteiger charge is 2.66. The molecule has 0 heterocycles. The van der Waals surface area contributed by atoms with Crippen LogP contribution in [0.15, 0.2) is 12.2 Å². The van der Waals surface area contributed by atoms with Crippen molar-refractivity contribution in [3.8, 4) is 0 Å². The molecule has 1 nitrogen and oxygen atoms in total. The summed E-state index contributed by atoms with van der Waals surface area (Å²) in [6.45, 7) is 10.7. The van der Waals surface area contributed by atoms with Gasteiger partial charge in [0.2, 0.25) is 0 Å². The number of ketones is 1. The Bertz CT molecular complexity index is 383. The lowest BCUT2D eigenvalue weighted by atomic mass is 9.50. The minimum absolute atomic E-state index is 0.00162. The van der Waals surface area contributed by atoms with E-state index in [0.29, 0.717) is 17.6 Å². The van der Waals surface area contributed by atoms with E-state index in [1.807, 2.05) is 0 Å². The van der Waals surface area contributed by atoms with Crippen LogP contribution < -0.4 is 0 Å². The van der Waals surface area contributed by atoms with Crippen LogP contribution in [0.25, 0.3) is 0 Å². The first-order valence-corrected chi connectivity index (χ1v) is 6.59. The van der Waals surface area contributed by atoms with Crippen LogP contribution >= 0.6 is 0 Å². The highest BCUT2D eigenvalue weighted by Crippen LogP contribution is 2.68. The Hall–Kier alpha value is -0.590. The van der Waals surface area contributed by atoms with Crippen LogP contribution in [0.2, 0.25) is 0 Å². The van der Waals surface area contributed by atoms with E-state index >= 15 is 0 Å². The molecular weight excluding hydrogens is 196 g/mol. The number of carbonyl (C=O) groups is 1. The molecule has 1 heteroatoms. The van der Waals surface area contributed by atoms with Crippen molar-refractivity contribution in [3.05, 3.63) is 12.2 Å². The van der Waals surface area contributed by atoms with E-state index in [0.717, 1.165) is 25.2 Å². The zero-order valence-electron chi connectivity index (χ0n) is 10.7. The fourth-order valence-corrected chi connectivity index (χ4v) is 5.12. The van der Waals surface area contributed by atoms with Crippen molar-refractivity contribution in [1.29, 1.82) is 0 Å². The summed E-state index contributed by atoms with van der Waals surface area (Å²) in [5.74, 6) is 2.58. The number of rotatable bonds is 1. The van der Waals surface area contributed by atoms with Gasteiger partial charge in [0, 0.05) is 10.8 Å². The SMILES string of the molecule is C=C(C)C1C[C@]2(C)C(=O)[C@]3(C)CC[C@@H]2C1C3. The van der Waals surface area contributed by atoms with Crippen LogP contribution in [0.3, 0.4) is 0 Å². The second-order valence-electron chi connectivity index (χ2n) is 6.98. The standard InChI is InChI=1S/C15H22O/c1-9(2)10-8-15(4)12-5-6-14(3,13(15)16)7-11(10)12/h10-12H,1,5-8H2,2-4H3/t10?,11?,12-,14-,15+/m1/s1. The zero-order valence-corrected chi connectivity index (χ0v) is 10.7. The average Bonchev–Trinajstić information content (AvgIpc) is 2.47. The second kappa shape index (κ2) is 2.80. The van der Waals surface area contributed by atoms with Crippen molar-refractivity contribution in [2.45, 2.75) is 46.5 Å². The lowest BCUT2D eigenvalue weighted by molar-refractivity contribution is -0.153. The van der Waals surface area contributed by atoms with Crippen molar-refractivity contribution in [2.75, 3.05) is 0 Å². The summed E-state index contributed by atoms with van der Waals surface area (Å²) < 4.78 is 0. The van der Waals surface area contributed by atoms with Gasteiger partial charge in [0.05, 0.1) is 0 Å². The maximum Gasteiger partial charge on any atom is 0.144 e. The van der Waals surface area contributed by atoms with Crippen LogP contribution in [0.4, 0.5) is 0 Å². The molecule has 0 amide bonds. The number of fused-ring (bicyclic) bond motifs is 1. The van der Waals surface area contributed by atoms with E-state index < -0.39 is 0 Å². The Morgan fingerprint density at radius 1 is 1.38 bits per heavy atom. The summed E-state index contributed by atoms with van der Waals surface area (Å²) in [7, 11) is 0. The maximum atomic E-state index is 12.6. The normalized spacial score (nSPS) is 54.4. The molecule has 88 valence electrons. The number of carbonyl (C=O) groups excluding carboxylic acids is 1. The van der Waals surface area contributed by atoms with E-state index in [2.05, 4.69) is 27.4 Å². The first-order valence-electron chi connectivity index (χ1n) is 6.59. The fraction of sp³-hybridized carbons (Fsp3) is 0.800. The molecule has 0 radical (unpaired) electrons. The molecule has 16 heavy (non-hydrogen) atoms. The van der Waals surface area contributed by atoms with Gasteiger partial charge in [-0.15, -0.1) is 0 Å². The molecular formula is C15H22O. The van der Waals surface area contributed by atoms with E-state index in [9.17, 15) is 4.79 Å². The molecule has 0 spiro atoms. The first-order chi connectivity index (χ1) is 7.38. The Morgan fingerprint density at radius 3 is 2.69 bits per heavy atom. The molecule has 0 N–H and O–H groups in total. The minimum Gasteiger partial charge on any atom is -0.298 e. The van der Waals surface area contributed by atoms with E-state index in [4.69, 9.17) is 0 Å². The summed E-state index contributed by atoms with van der Waals surface area (Å²) in [6, 6.07) is 0. The summed E-state index contributed by atoms with van der Waals surface area (Å²) >= 11 is 0. The van der Waals surface area contributed by atoms with Crippen molar-refractivity contribution in [3.63, 3.8) is 0 Å². The van der Waals surface area contributed by atoms with Gasteiger partial charge in [0.1, 0.15) is 5.78 Å². The summed E-state index contributed by atoms with van der Waals surface area (Å²) in [6.07, 6.45) is 4.61. The highest BCUT2D eigenvalue weighted by atomic mass is 16.1. The molecule has 0 aromatic carbocycles. The smallest absolute Gasteiger partial charge is 0.144 e. The lowest BCUT2D eigenvalue weighted by Gasteiger charge is -2.52. The predicted molar refractivity (Wildman–Crippen MR) is 65.0 cm³/mol. The molecule has 4 aliphatic rings. The van der Waals surface area contributed by atoms with E-state index in [1.54, 1.807) is 0 Å². The third-order valence-electron chi connectivity index (χ3n) is 5.89. The van der Waals surface area contributed by atoms with E-state index in [1.165, 1.54) is 12.0 Å². The average molecular weight is 218 g/mol. The third kappa shape index (κ3) is 1.00. The highest BCUT2D eigenvalue weighted by molar-refractivity contribution is 5.92. The van der Waals surface area contributed by atoms with E-state index in [-0.39, 0.29) is 10.8 Å². The summed E-state index contributed by atoms with van der Waals surface area (Å²) in [5.41, 5.74) is 1.29. The van der Waals surface area contributed by atoms with Gasteiger partial charge < -0.3 is 0 Å². The van der Waals surface area contributed by atoms with Crippen molar-refractivity contribution in [2.24, 2.45) is 28.6 Å². The van der Waals surface area contributed by atoms with Crippen LogP contribution in [-0.2, 0) is 4.79 Å². The molecule has 0 aromatic heterocycles. The third-order valence-corrected chi connectivity index (χ3v) is 5.89. The number of Topliss-reactive ketones (excluding diaryl/α,β-unsaturated/α-hetero) is 1. The molecule has 0 aromatic rings. The van der Waals surface area contributed by atoms with Crippen molar-refractivity contribution in [1.82, 2.24) is 0 Å². The molecule has 4 rings (SSSR count). The number of hydrogen-bond acceptors (Lipinski definition) is 1. The Balaban J connectivity index is 2.08. The van der Waals surface area contributed by atoms with Gasteiger partial charge in [0.25, 0.3) is 0 Å². The molecule has 0 saturated heterocycles. The van der Waals surface area contributed by atoms with Gasteiger partial charge in [-0.25, -0.2) is 0 Å². The van der Waals surface area contributed by atoms with Gasteiger partial charge in [0.15, 0.2) is 0 Å². The van der Waals surface area contributed by atoms with Gasteiger partial charge >= 0.3 is 0 Å². The summed E-state index contributed by atoms with van der Waals surface area (Å²) in [4.78, 5) is 12.6. The van der Waals surface area contributed by atoms with Crippen molar-refractivity contribution < 1.29 is 4.79 Å². The molecule has 5 atom stereocenters. The van der Waals surface area contributed by atoms with Gasteiger partial charge in [-0.1, -0.05) is 26.0 Å². The van der Waals surface area contributed by atoms with Gasteiger partial charge in [-0.05, 0) is 50.4 Å². The van der Waals surface area contributed by atoms with Crippen molar-refractivity contribution >= 4 is 5.78 Å².